The molecule has 1 aliphatic rings. The van der Waals surface area contributed by atoms with Crippen molar-refractivity contribution in [1.82, 2.24) is 5.32 Å². The molecule has 2 heteroatoms. The van der Waals surface area contributed by atoms with Crippen molar-refractivity contribution in [1.29, 1.82) is 0 Å². The third kappa shape index (κ3) is 4.07. The first-order valence-corrected chi connectivity index (χ1v) is 4.99. The van der Waals surface area contributed by atoms with Gasteiger partial charge in [-0.15, -0.1) is 0 Å². The number of aliphatic hydroxyl groups excluding tert-OH is 1. The second kappa shape index (κ2) is 6.44. The molecular weight excluding hydrogens is 150 g/mol. The third-order valence-electron chi connectivity index (χ3n) is 2.59. The topological polar surface area (TPSA) is 32.3 Å². The summed E-state index contributed by atoms with van der Waals surface area (Å²) in [5.74, 6) is 1.92. The SMILES string of the molecule is CCC(C)C1CC1NC.CCO. The van der Waals surface area contributed by atoms with Gasteiger partial charge in [0.05, 0.1) is 0 Å². The first-order valence-electron chi connectivity index (χ1n) is 4.99. The van der Waals surface area contributed by atoms with Gasteiger partial charge in [-0.2, -0.15) is 0 Å². The fraction of sp³-hybridized carbons (Fsp3) is 1.00. The number of hydrogen-bond acceptors (Lipinski definition) is 2. The van der Waals surface area contributed by atoms with E-state index in [0.717, 1.165) is 17.9 Å². The Hall–Kier alpha value is -0.0800. The molecule has 0 bridgehead atoms. The van der Waals surface area contributed by atoms with Crippen molar-refractivity contribution >= 4 is 0 Å². The van der Waals surface area contributed by atoms with E-state index in [-0.39, 0.29) is 6.61 Å². The molecule has 1 fully saturated rings. The zero-order chi connectivity index (χ0) is 9.56. The second-order valence-electron chi connectivity index (χ2n) is 3.50. The van der Waals surface area contributed by atoms with E-state index < -0.39 is 0 Å². The maximum absolute atomic E-state index is 7.57. The second-order valence-corrected chi connectivity index (χ2v) is 3.50. The van der Waals surface area contributed by atoms with Gasteiger partial charge in [-0.05, 0) is 32.2 Å². The molecular formula is C10H23NO. The van der Waals surface area contributed by atoms with Crippen LogP contribution >= 0.6 is 0 Å². The van der Waals surface area contributed by atoms with Crippen LogP contribution < -0.4 is 5.32 Å². The molecule has 0 aromatic rings. The summed E-state index contributed by atoms with van der Waals surface area (Å²) in [5, 5.41) is 10.9. The molecule has 0 spiro atoms. The van der Waals surface area contributed by atoms with Crippen LogP contribution in [-0.2, 0) is 0 Å². The van der Waals surface area contributed by atoms with Gasteiger partial charge in [0.1, 0.15) is 0 Å². The molecule has 2 nitrogen and oxygen atoms in total. The van der Waals surface area contributed by atoms with E-state index in [4.69, 9.17) is 5.11 Å². The molecule has 1 saturated carbocycles. The van der Waals surface area contributed by atoms with Crippen LogP contribution in [0.5, 0.6) is 0 Å². The summed E-state index contributed by atoms with van der Waals surface area (Å²) in [7, 11) is 2.06. The quantitative estimate of drug-likeness (QED) is 0.680. The van der Waals surface area contributed by atoms with Crippen molar-refractivity contribution < 1.29 is 5.11 Å². The molecule has 0 amide bonds. The molecule has 74 valence electrons. The predicted molar refractivity (Wildman–Crippen MR) is 53.2 cm³/mol. The zero-order valence-corrected chi connectivity index (χ0v) is 8.80. The van der Waals surface area contributed by atoms with E-state index in [1.165, 1.54) is 12.8 Å². The lowest BCUT2D eigenvalue weighted by atomic mass is 10.0. The van der Waals surface area contributed by atoms with Crippen LogP contribution in [0.4, 0.5) is 0 Å². The van der Waals surface area contributed by atoms with E-state index in [0.29, 0.717) is 0 Å². The summed E-state index contributed by atoms with van der Waals surface area (Å²) in [5.41, 5.74) is 0. The number of aliphatic hydroxyl groups is 1. The van der Waals surface area contributed by atoms with Gasteiger partial charge in [-0.1, -0.05) is 20.3 Å². The van der Waals surface area contributed by atoms with Gasteiger partial charge >= 0.3 is 0 Å². The summed E-state index contributed by atoms with van der Waals surface area (Å²) in [6.07, 6.45) is 2.74. The van der Waals surface area contributed by atoms with Gasteiger partial charge < -0.3 is 10.4 Å². The first kappa shape index (κ1) is 11.9. The van der Waals surface area contributed by atoms with Gasteiger partial charge in [0.15, 0.2) is 0 Å². The Morgan fingerprint density at radius 2 is 2.00 bits per heavy atom. The molecule has 3 unspecified atom stereocenters. The average molecular weight is 173 g/mol. The molecule has 0 aromatic heterocycles. The Morgan fingerprint density at radius 3 is 2.25 bits per heavy atom. The fourth-order valence-corrected chi connectivity index (χ4v) is 1.48. The van der Waals surface area contributed by atoms with Gasteiger partial charge in [-0.25, -0.2) is 0 Å². The van der Waals surface area contributed by atoms with E-state index >= 15 is 0 Å². The minimum absolute atomic E-state index is 0.250. The fourth-order valence-electron chi connectivity index (χ4n) is 1.48. The Kier molecular flexibility index (Phi) is 6.39. The molecule has 12 heavy (non-hydrogen) atoms. The lowest BCUT2D eigenvalue weighted by Crippen LogP contribution is -2.13. The first-order chi connectivity index (χ1) is 5.71. The highest BCUT2D eigenvalue weighted by molar-refractivity contribution is 4.94. The van der Waals surface area contributed by atoms with Crippen LogP contribution in [0.1, 0.15) is 33.6 Å². The number of rotatable bonds is 3. The zero-order valence-electron chi connectivity index (χ0n) is 8.80. The molecule has 1 aliphatic carbocycles. The number of nitrogens with one attached hydrogen (secondary N) is 1. The Bertz CT molecular complexity index is 106. The average Bonchev–Trinajstić information content (AvgIpc) is 2.83. The molecule has 0 aromatic carbocycles. The normalized spacial score (nSPS) is 28.8. The highest BCUT2D eigenvalue weighted by Crippen LogP contribution is 2.38. The minimum Gasteiger partial charge on any atom is -0.397 e. The van der Waals surface area contributed by atoms with E-state index in [9.17, 15) is 0 Å². The summed E-state index contributed by atoms with van der Waals surface area (Å²) in [6, 6.07) is 0.847. The highest BCUT2D eigenvalue weighted by Gasteiger charge is 2.38. The standard InChI is InChI=1S/C8H17N.C2H6O/c1-4-6(2)7-5-8(7)9-3;1-2-3/h6-9H,4-5H2,1-3H3;3H,2H2,1H3. The monoisotopic (exact) mass is 173 g/mol. The lowest BCUT2D eigenvalue weighted by molar-refractivity contribution is 0.318. The van der Waals surface area contributed by atoms with E-state index in [2.05, 4.69) is 26.2 Å². The molecule has 3 atom stereocenters. The van der Waals surface area contributed by atoms with Gasteiger partial charge in [-0.3, -0.25) is 0 Å². The summed E-state index contributed by atoms with van der Waals surface area (Å²) >= 11 is 0. The van der Waals surface area contributed by atoms with Crippen LogP contribution in [0.2, 0.25) is 0 Å². The van der Waals surface area contributed by atoms with Crippen molar-refractivity contribution in [3.63, 3.8) is 0 Å². The van der Waals surface area contributed by atoms with E-state index in [1.54, 1.807) is 6.92 Å². The Labute approximate surface area is 76.4 Å². The molecule has 0 aliphatic heterocycles. The van der Waals surface area contributed by atoms with E-state index in [1.807, 2.05) is 0 Å². The van der Waals surface area contributed by atoms with Crippen LogP contribution in [0, 0.1) is 11.8 Å². The maximum atomic E-state index is 7.57. The Morgan fingerprint density at radius 1 is 1.50 bits per heavy atom. The smallest absolute Gasteiger partial charge is 0.0402 e. The highest BCUT2D eigenvalue weighted by atomic mass is 16.2. The van der Waals surface area contributed by atoms with Crippen LogP contribution in [0.3, 0.4) is 0 Å². The summed E-state index contributed by atoms with van der Waals surface area (Å²) < 4.78 is 0. The number of hydrogen-bond donors (Lipinski definition) is 2. The maximum Gasteiger partial charge on any atom is 0.0402 e. The van der Waals surface area contributed by atoms with Crippen molar-refractivity contribution in [2.24, 2.45) is 11.8 Å². The largest absolute Gasteiger partial charge is 0.397 e. The van der Waals surface area contributed by atoms with Gasteiger partial charge in [0, 0.05) is 12.6 Å². The van der Waals surface area contributed by atoms with Gasteiger partial charge in [0.2, 0.25) is 0 Å². The van der Waals surface area contributed by atoms with Crippen molar-refractivity contribution in [3.05, 3.63) is 0 Å². The lowest BCUT2D eigenvalue weighted by Gasteiger charge is -2.05. The van der Waals surface area contributed by atoms with Crippen molar-refractivity contribution in [3.8, 4) is 0 Å². The van der Waals surface area contributed by atoms with Crippen LogP contribution in [0.15, 0.2) is 0 Å². The molecule has 0 radical (unpaired) electrons. The van der Waals surface area contributed by atoms with Crippen molar-refractivity contribution in [2.45, 2.75) is 39.7 Å². The minimum atomic E-state index is 0.250. The van der Waals surface area contributed by atoms with Gasteiger partial charge in [0.25, 0.3) is 0 Å². The molecule has 2 N–H and O–H groups in total. The summed E-state index contributed by atoms with van der Waals surface area (Å²) in [6.45, 7) is 6.55. The Balaban J connectivity index is 0.000000354. The predicted octanol–water partition coefficient (Wildman–Crippen LogP) is 1.64. The summed E-state index contributed by atoms with van der Waals surface area (Å²) in [4.78, 5) is 0. The molecule has 1 rings (SSSR count). The third-order valence-corrected chi connectivity index (χ3v) is 2.59. The molecule has 0 heterocycles. The van der Waals surface area contributed by atoms with Crippen LogP contribution in [0.25, 0.3) is 0 Å². The van der Waals surface area contributed by atoms with Crippen LogP contribution in [-0.4, -0.2) is 24.8 Å². The molecule has 0 saturated heterocycles. The van der Waals surface area contributed by atoms with Crippen molar-refractivity contribution in [2.75, 3.05) is 13.7 Å².